The van der Waals surface area contributed by atoms with E-state index < -0.39 is 0 Å². The molecule has 7 heteroatoms. The maximum Gasteiger partial charge on any atom is 0.213 e. The summed E-state index contributed by atoms with van der Waals surface area (Å²) < 4.78 is 14.0. The first-order valence-corrected chi connectivity index (χ1v) is 6.75. The van der Waals surface area contributed by atoms with E-state index in [4.69, 9.17) is 15.2 Å². The molecule has 0 unspecified atom stereocenters. The van der Waals surface area contributed by atoms with Crippen LogP contribution in [0, 0.1) is 0 Å². The molecule has 4 rings (SSSR count). The maximum atomic E-state index is 5.68. The van der Waals surface area contributed by atoms with Crippen molar-refractivity contribution in [1.82, 2.24) is 14.4 Å². The van der Waals surface area contributed by atoms with E-state index in [-0.39, 0.29) is 0 Å². The van der Waals surface area contributed by atoms with Crippen LogP contribution in [0.2, 0.25) is 0 Å². The summed E-state index contributed by atoms with van der Waals surface area (Å²) in [5, 5.41) is 0. The predicted octanol–water partition coefficient (Wildman–Crippen LogP) is 1.81. The molecule has 3 heterocycles. The molecule has 0 saturated carbocycles. The molecule has 0 aliphatic carbocycles. The van der Waals surface area contributed by atoms with Gasteiger partial charge in [-0.3, -0.25) is 4.40 Å². The number of imidazole rings is 2. The SMILES string of the molecule is NCc1[nH]c2nc3cc4c(cc3n2c1Br)OCCO4. The van der Waals surface area contributed by atoms with Crippen LogP contribution in [0.5, 0.6) is 11.5 Å². The van der Waals surface area contributed by atoms with Gasteiger partial charge in [0, 0.05) is 18.7 Å². The lowest BCUT2D eigenvalue weighted by Crippen LogP contribution is -2.15. The molecule has 0 saturated heterocycles. The zero-order chi connectivity index (χ0) is 13.0. The molecule has 1 aliphatic rings. The second-order valence-corrected chi connectivity index (χ2v) is 5.11. The number of fused-ring (bicyclic) bond motifs is 4. The van der Waals surface area contributed by atoms with Crippen molar-refractivity contribution >= 4 is 32.7 Å². The first kappa shape index (κ1) is 11.1. The van der Waals surface area contributed by atoms with Crippen LogP contribution in [0.4, 0.5) is 0 Å². The van der Waals surface area contributed by atoms with Crippen LogP contribution >= 0.6 is 15.9 Å². The van der Waals surface area contributed by atoms with Gasteiger partial charge in [0.2, 0.25) is 5.78 Å². The molecule has 3 N–H and O–H groups in total. The molecule has 2 aromatic heterocycles. The first-order valence-electron chi connectivity index (χ1n) is 5.96. The van der Waals surface area contributed by atoms with Crippen molar-refractivity contribution in [2.24, 2.45) is 5.73 Å². The molecule has 3 aromatic rings. The summed E-state index contributed by atoms with van der Waals surface area (Å²) in [4.78, 5) is 7.73. The third-order valence-corrected chi connectivity index (χ3v) is 4.06. The van der Waals surface area contributed by atoms with Crippen LogP contribution < -0.4 is 15.2 Å². The van der Waals surface area contributed by atoms with Crippen molar-refractivity contribution in [3.63, 3.8) is 0 Å². The number of halogens is 1. The average molecular weight is 323 g/mol. The molecule has 98 valence electrons. The highest BCUT2D eigenvalue weighted by molar-refractivity contribution is 9.10. The van der Waals surface area contributed by atoms with Crippen molar-refractivity contribution in [2.75, 3.05) is 13.2 Å². The number of hydrogen-bond donors (Lipinski definition) is 2. The van der Waals surface area contributed by atoms with Gasteiger partial charge >= 0.3 is 0 Å². The number of aromatic amines is 1. The summed E-state index contributed by atoms with van der Waals surface area (Å²) >= 11 is 3.55. The molecule has 0 amide bonds. The third-order valence-electron chi connectivity index (χ3n) is 3.23. The summed E-state index contributed by atoms with van der Waals surface area (Å²) in [6, 6.07) is 3.85. The van der Waals surface area contributed by atoms with Crippen LogP contribution in [0.25, 0.3) is 16.8 Å². The molecule has 0 spiro atoms. The number of nitrogens with two attached hydrogens (primary N) is 1. The Kier molecular flexibility index (Phi) is 2.27. The number of aromatic nitrogens is 3. The summed E-state index contributed by atoms with van der Waals surface area (Å²) in [5.74, 6) is 2.25. The monoisotopic (exact) mass is 322 g/mol. The van der Waals surface area contributed by atoms with Gasteiger partial charge < -0.3 is 20.2 Å². The largest absolute Gasteiger partial charge is 0.486 e. The standard InChI is InChI=1S/C12H11BrN4O2/c13-11-7(5-14)16-12-15-6-3-9-10(19-2-1-18-9)4-8(6)17(11)12/h3-4H,1-2,5,14H2,(H,15,16). The van der Waals surface area contributed by atoms with Crippen LogP contribution in [0.15, 0.2) is 16.7 Å². The first-order chi connectivity index (χ1) is 9.28. The molecular formula is C12H11BrN4O2. The highest BCUT2D eigenvalue weighted by Gasteiger charge is 2.18. The molecular weight excluding hydrogens is 312 g/mol. The quantitative estimate of drug-likeness (QED) is 0.716. The molecule has 0 atom stereocenters. The summed E-state index contributed by atoms with van der Waals surface area (Å²) in [7, 11) is 0. The Labute approximate surface area is 116 Å². The fraction of sp³-hybridized carbons (Fsp3) is 0.250. The Morgan fingerprint density at radius 3 is 2.79 bits per heavy atom. The minimum atomic E-state index is 0.427. The second-order valence-electron chi connectivity index (χ2n) is 4.35. The lowest BCUT2D eigenvalue weighted by Gasteiger charge is -2.17. The average Bonchev–Trinajstić information content (AvgIpc) is 2.92. The lowest BCUT2D eigenvalue weighted by atomic mass is 10.2. The van der Waals surface area contributed by atoms with Crippen molar-refractivity contribution in [3.05, 3.63) is 22.4 Å². The van der Waals surface area contributed by atoms with E-state index in [1.165, 1.54) is 0 Å². The normalized spacial score (nSPS) is 14.4. The molecule has 1 aliphatic heterocycles. The summed E-state index contributed by atoms with van der Waals surface area (Å²) in [5.41, 5.74) is 8.42. The molecule has 6 nitrogen and oxygen atoms in total. The highest BCUT2D eigenvalue weighted by Crippen LogP contribution is 2.36. The van der Waals surface area contributed by atoms with Gasteiger partial charge in [-0.1, -0.05) is 0 Å². The summed E-state index contributed by atoms with van der Waals surface area (Å²) in [6.45, 7) is 1.57. The number of H-pyrrole nitrogens is 1. The molecule has 0 fully saturated rings. The van der Waals surface area contributed by atoms with Gasteiger partial charge in [-0.25, -0.2) is 4.98 Å². The highest BCUT2D eigenvalue weighted by atomic mass is 79.9. The van der Waals surface area contributed by atoms with Crippen LogP contribution in [0.1, 0.15) is 5.69 Å². The second kappa shape index (κ2) is 3.88. The summed E-state index contributed by atoms with van der Waals surface area (Å²) in [6.07, 6.45) is 0. The van der Waals surface area contributed by atoms with Crippen molar-refractivity contribution in [1.29, 1.82) is 0 Å². The Morgan fingerprint density at radius 1 is 1.32 bits per heavy atom. The Bertz CT molecular complexity index is 792. The van der Waals surface area contributed by atoms with Crippen LogP contribution in [-0.2, 0) is 6.54 Å². The third kappa shape index (κ3) is 1.48. The van der Waals surface area contributed by atoms with Gasteiger partial charge in [-0.2, -0.15) is 0 Å². The molecule has 0 bridgehead atoms. The minimum Gasteiger partial charge on any atom is -0.486 e. The number of rotatable bonds is 1. The van der Waals surface area contributed by atoms with Gasteiger partial charge in [0.05, 0.1) is 16.7 Å². The number of nitrogens with one attached hydrogen (secondary N) is 1. The van der Waals surface area contributed by atoms with Gasteiger partial charge in [-0.05, 0) is 15.9 Å². The van der Waals surface area contributed by atoms with Crippen molar-refractivity contribution in [2.45, 2.75) is 6.54 Å². The minimum absolute atomic E-state index is 0.427. The van der Waals surface area contributed by atoms with E-state index in [1.807, 2.05) is 16.5 Å². The Morgan fingerprint density at radius 2 is 2.05 bits per heavy atom. The fourth-order valence-corrected chi connectivity index (χ4v) is 2.97. The van der Waals surface area contributed by atoms with E-state index in [1.54, 1.807) is 0 Å². The zero-order valence-electron chi connectivity index (χ0n) is 9.94. The maximum absolute atomic E-state index is 5.68. The molecule has 1 aromatic carbocycles. The van der Waals surface area contributed by atoms with Gasteiger partial charge in [-0.15, -0.1) is 0 Å². The molecule has 0 radical (unpaired) electrons. The van der Waals surface area contributed by atoms with Crippen LogP contribution in [0.3, 0.4) is 0 Å². The lowest BCUT2D eigenvalue weighted by molar-refractivity contribution is 0.172. The van der Waals surface area contributed by atoms with Gasteiger partial charge in [0.25, 0.3) is 0 Å². The van der Waals surface area contributed by atoms with Gasteiger partial charge in [0.15, 0.2) is 11.5 Å². The fourth-order valence-electron chi connectivity index (χ4n) is 2.35. The predicted molar refractivity (Wildman–Crippen MR) is 73.6 cm³/mol. The number of hydrogen-bond acceptors (Lipinski definition) is 4. The smallest absolute Gasteiger partial charge is 0.213 e. The van der Waals surface area contributed by atoms with E-state index in [2.05, 4.69) is 25.9 Å². The van der Waals surface area contributed by atoms with Crippen molar-refractivity contribution < 1.29 is 9.47 Å². The topological polar surface area (TPSA) is 77.6 Å². The number of nitrogens with zero attached hydrogens (tertiary/aromatic N) is 2. The van der Waals surface area contributed by atoms with Crippen LogP contribution in [-0.4, -0.2) is 27.6 Å². The van der Waals surface area contributed by atoms with Gasteiger partial charge in [0.1, 0.15) is 17.8 Å². The zero-order valence-corrected chi connectivity index (χ0v) is 11.5. The Balaban J connectivity index is 2.07. The molecule has 19 heavy (non-hydrogen) atoms. The number of benzene rings is 1. The van der Waals surface area contributed by atoms with E-state index in [9.17, 15) is 0 Å². The number of ether oxygens (including phenoxy) is 2. The Hall–Kier alpha value is -1.73. The van der Waals surface area contributed by atoms with Crippen molar-refractivity contribution in [3.8, 4) is 11.5 Å². The van der Waals surface area contributed by atoms with E-state index in [0.29, 0.717) is 19.8 Å². The van der Waals surface area contributed by atoms with E-state index in [0.717, 1.165) is 38.6 Å². The van der Waals surface area contributed by atoms with E-state index >= 15 is 0 Å².